The molecule has 0 bridgehead atoms. The fourth-order valence-corrected chi connectivity index (χ4v) is 8.66. The number of ether oxygens (including phenoxy) is 1. The maximum Gasteiger partial charge on any atom is 0.407 e. The summed E-state index contributed by atoms with van der Waals surface area (Å²) in [4.78, 5) is 14.5. The van der Waals surface area contributed by atoms with Crippen molar-refractivity contribution in [3.05, 3.63) is 23.8 Å². The van der Waals surface area contributed by atoms with Crippen LogP contribution in [-0.2, 0) is 4.74 Å². The number of rotatable bonds is 11. The predicted molar refractivity (Wildman–Crippen MR) is 172 cm³/mol. The zero-order chi connectivity index (χ0) is 30.2. The summed E-state index contributed by atoms with van der Waals surface area (Å²) in [7, 11) is 1.94. The minimum Gasteiger partial charge on any atom is -0.446 e. The molecule has 1 amide bonds. The van der Waals surface area contributed by atoms with Gasteiger partial charge >= 0.3 is 6.09 Å². The van der Waals surface area contributed by atoms with Gasteiger partial charge in [-0.3, -0.25) is 0 Å². The van der Waals surface area contributed by atoms with Gasteiger partial charge in [-0.25, -0.2) is 4.79 Å². The maximum atomic E-state index is 12.5. The second-order valence-corrected chi connectivity index (χ2v) is 14.8. The summed E-state index contributed by atoms with van der Waals surface area (Å²) in [5.74, 6) is 4.26. The Kier molecular flexibility index (Phi) is 12.8. The third-order valence-corrected chi connectivity index (χ3v) is 12.0. The van der Waals surface area contributed by atoms with Crippen molar-refractivity contribution in [2.24, 2.45) is 46.3 Å². The largest absolute Gasteiger partial charge is 0.446 e. The second kappa shape index (κ2) is 15.4. The minimum absolute atomic E-state index is 0.0359. The summed E-state index contributed by atoms with van der Waals surface area (Å²) in [6, 6.07) is 0. The summed E-state index contributed by atoms with van der Waals surface area (Å²) in [6.07, 6.45) is 19.3. The molecule has 0 saturated heterocycles. The van der Waals surface area contributed by atoms with Crippen LogP contribution in [0.15, 0.2) is 23.8 Å². The quantitative estimate of drug-likeness (QED) is 0.245. The molecule has 5 heteroatoms. The SMILES string of the molecule is CC[C@H](/C=C/[C@@H](C)[C@H]1CC[C@H]2CC/C=C3/C[C@@H](OC(=O)NCCN(C)CCO)CC[C@]3(C)C(C)CC[C@@]21C)C(C)C. The van der Waals surface area contributed by atoms with E-state index in [4.69, 9.17) is 9.84 Å². The molecule has 1 unspecified atom stereocenters. The summed E-state index contributed by atoms with van der Waals surface area (Å²) >= 11 is 0. The number of aliphatic hydroxyl groups is 1. The van der Waals surface area contributed by atoms with Crippen LogP contribution in [0.25, 0.3) is 0 Å². The first kappa shape index (κ1) is 34.2. The zero-order valence-corrected chi connectivity index (χ0v) is 27.9. The van der Waals surface area contributed by atoms with Crippen molar-refractivity contribution in [3.63, 3.8) is 0 Å². The van der Waals surface area contributed by atoms with E-state index < -0.39 is 0 Å². The molecular weight excluding hydrogens is 508 g/mol. The van der Waals surface area contributed by atoms with Crippen LogP contribution in [0.3, 0.4) is 0 Å². The van der Waals surface area contributed by atoms with Crippen LogP contribution in [-0.4, -0.2) is 55.5 Å². The summed E-state index contributed by atoms with van der Waals surface area (Å²) in [5.41, 5.74) is 2.14. The summed E-state index contributed by atoms with van der Waals surface area (Å²) in [6.45, 7) is 19.1. The Bertz CT molecular complexity index is 884. The molecule has 0 heterocycles. The zero-order valence-electron chi connectivity index (χ0n) is 27.9. The molecule has 8 atom stereocenters. The van der Waals surface area contributed by atoms with E-state index in [1.807, 2.05) is 11.9 Å². The lowest BCUT2D eigenvalue weighted by Crippen LogP contribution is -2.41. The molecule has 0 aromatic heterocycles. The van der Waals surface area contributed by atoms with Crippen LogP contribution in [0, 0.1) is 46.3 Å². The van der Waals surface area contributed by atoms with Gasteiger partial charge < -0.3 is 20.1 Å². The molecule has 3 aliphatic carbocycles. The van der Waals surface area contributed by atoms with Crippen LogP contribution in [0.1, 0.15) is 113 Å². The van der Waals surface area contributed by atoms with E-state index in [-0.39, 0.29) is 24.2 Å². The van der Waals surface area contributed by atoms with Gasteiger partial charge in [0.05, 0.1) is 6.61 Å². The standard InChI is InChI=1S/C36H64N2O3/c1-9-29(26(2)3)14-13-27(4)33-16-15-30-11-10-12-31-25-32(41-34(40)37-21-22-38(8)23-24-39)18-20-35(31,6)28(5)17-19-36(30,33)7/h12-14,26-30,32-33,39H,9-11,15-25H2,1-8H3,(H,37,40)/b14-13+,31-12-/t27-,28?,29-,30-,32+,33-,35-,36+/m1/s1. The first-order valence-electron chi connectivity index (χ1n) is 17.1. The van der Waals surface area contributed by atoms with Gasteiger partial charge in [-0.05, 0) is 111 Å². The van der Waals surface area contributed by atoms with Crippen molar-refractivity contribution in [3.8, 4) is 0 Å². The lowest BCUT2D eigenvalue weighted by Gasteiger charge is -2.47. The van der Waals surface area contributed by atoms with Crippen molar-refractivity contribution in [1.29, 1.82) is 0 Å². The van der Waals surface area contributed by atoms with E-state index in [1.165, 1.54) is 44.1 Å². The normalized spacial score (nSPS) is 35.4. The van der Waals surface area contributed by atoms with Crippen molar-refractivity contribution in [2.45, 2.75) is 119 Å². The second-order valence-electron chi connectivity index (χ2n) is 14.8. The highest BCUT2D eigenvalue weighted by molar-refractivity contribution is 5.67. The molecule has 0 aromatic rings. The van der Waals surface area contributed by atoms with Gasteiger partial charge in [0.25, 0.3) is 0 Å². The molecule has 3 rings (SSSR count). The van der Waals surface area contributed by atoms with E-state index in [0.29, 0.717) is 48.7 Å². The van der Waals surface area contributed by atoms with Gasteiger partial charge in [0.1, 0.15) is 6.10 Å². The Morgan fingerprint density at radius 3 is 2.56 bits per heavy atom. The molecule has 2 saturated carbocycles. The molecule has 0 radical (unpaired) electrons. The van der Waals surface area contributed by atoms with Crippen molar-refractivity contribution in [1.82, 2.24) is 10.2 Å². The number of aliphatic hydroxyl groups excluding tert-OH is 1. The number of fused-ring (bicyclic) bond motifs is 2. The first-order chi connectivity index (χ1) is 19.4. The van der Waals surface area contributed by atoms with Crippen LogP contribution >= 0.6 is 0 Å². The van der Waals surface area contributed by atoms with E-state index in [1.54, 1.807) is 0 Å². The molecule has 2 fully saturated rings. The lowest BCUT2D eigenvalue weighted by atomic mass is 9.59. The first-order valence-corrected chi connectivity index (χ1v) is 17.1. The van der Waals surface area contributed by atoms with Crippen molar-refractivity contribution >= 4 is 6.09 Å². The van der Waals surface area contributed by atoms with E-state index >= 15 is 0 Å². The molecule has 236 valence electrons. The van der Waals surface area contributed by atoms with E-state index in [2.05, 4.69) is 72.0 Å². The number of nitrogens with one attached hydrogen (secondary N) is 1. The minimum atomic E-state index is -0.306. The predicted octanol–water partition coefficient (Wildman–Crippen LogP) is 8.24. The van der Waals surface area contributed by atoms with Crippen LogP contribution in [0.5, 0.6) is 0 Å². The van der Waals surface area contributed by atoms with Crippen molar-refractivity contribution in [2.75, 3.05) is 33.3 Å². The van der Waals surface area contributed by atoms with Crippen molar-refractivity contribution < 1.29 is 14.6 Å². The van der Waals surface area contributed by atoms with Crippen LogP contribution in [0.4, 0.5) is 4.79 Å². The number of hydrogen-bond donors (Lipinski definition) is 2. The highest BCUT2D eigenvalue weighted by Crippen LogP contribution is 2.58. The van der Waals surface area contributed by atoms with Gasteiger partial charge in [-0.15, -0.1) is 0 Å². The monoisotopic (exact) mass is 572 g/mol. The average Bonchev–Trinajstić information content (AvgIpc) is 3.25. The average molecular weight is 573 g/mol. The topological polar surface area (TPSA) is 61.8 Å². The van der Waals surface area contributed by atoms with Gasteiger partial charge in [0.2, 0.25) is 0 Å². The molecule has 41 heavy (non-hydrogen) atoms. The van der Waals surface area contributed by atoms with Crippen LogP contribution < -0.4 is 5.32 Å². The number of hydrogen-bond acceptors (Lipinski definition) is 4. The van der Waals surface area contributed by atoms with Gasteiger partial charge in [-0.2, -0.15) is 0 Å². The number of alkyl carbamates (subject to hydrolysis) is 1. The van der Waals surface area contributed by atoms with Gasteiger partial charge in [0.15, 0.2) is 0 Å². The maximum absolute atomic E-state index is 12.5. The van der Waals surface area contributed by atoms with E-state index in [0.717, 1.165) is 37.5 Å². The molecule has 5 nitrogen and oxygen atoms in total. The number of amides is 1. The highest BCUT2D eigenvalue weighted by atomic mass is 16.6. The summed E-state index contributed by atoms with van der Waals surface area (Å²) < 4.78 is 5.91. The lowest BCUT2D eigenvalue weighted by molar-refractivity contribution is 0.0434. The summed E-state index contributed by atoms with van der Waals surface area (Å²) in [5, 5.41) is 12.0. The third-order valence-electron chi connectivity index (χ3n) is 12.0. The van der Waals surface area contributed by atoms with Gasteiger partial charge in [0, 0.05) is 26.1 Å². The molecule has 2 N–H and O–H groups in total. The Morgan fingerprint density at radius 1 is 1.12 bits per heavy atom. The number of nitrogens with zero attached hydrogens (tertiary/aromatic N) is 1. The number of likely N-dealkylation sites (N-methyl/N-ethyl adjacent to an activating group) is 1. The van der Waals surface area contributed by atoms with Gasteiger partial charge in [-0.1, -0.05) is 72.3 Å². The molecule has 0 spiro atoms. The molecule has 0 aromatic carbocycles. The Morgan fingerprint density at radius 2 is 1.88 bits per heavy atom. The third kappa shape index (κ3) is 8.62. The number of carbonyl (C=O) groups excluding carboxylic acids is 1. The number of allylic oxidation sites excluding steroid dienone is 3. The number of carbonyl (C=O) groups is 1. The highest BCUT2D eigenvalue weighted by Gasteiger charge is 2.49. The van der Waals surface area contributed by atoms with E-state index in [9.17, 15) is 4.79 Å². The fourth-order valence-electron chi connectivity index (χ4n) is 8.66. The molecule has 0 aliphatic heterocycles. The molecule has 3 aliphatic rings. The Hall–Kier alpha value is -1.33. The fraction of sp³-hybridized carbons (Fsp3) is 0.861. The Balaban J connectivity index is 1.65. The Labute approximate surface area is 252 Å². The smallest absolute Gasteiger partial charge is 0.407 e. The molecular formula is C36H64N2O3. The van der Waals surface area contributed by atoms with Crippen LogP contribution in [0.2, 0.25) is 0 Å².